The molecule has 0 aliphatic carbocycles. The Labute approximate surface area is 138 Å². The van der Waals surface area contributed by atoms with Gasteiger partial charge in [-0.3, -0.25) is 4.79 Å². The number of rotatable bonds is 2. The number of amides is 1. The van der Waals surface area contributed by atoms with Crippen LogP contribution in [0.4, 0.5) is 0 Å². The second kappa shape index (κ2) is 8.14. The summed E-state index contributed by atoms with van der Waals surface area (Å²) in [5.41, 5.74) is 3.12. The summed E-state index contributed by atoms with van der Waals surface area (Å²) in [6, 6.07) is 19.8. The summed E-state index contributed by atoms with van der Waals surface area (Å²) in [7, 11) is 1.85. The molecule has 0 bridgehead atoms. The van der Waals surface area contributed by atoms with Gasteiger partial charge in [-0.15, -0.1) is 0 Å². The van der Waals surface area contributed by atoms with Gasteiger partial charge in [-0.25, -0.2) is 0 Å². The Morgan fingerprint density at radius 3 is 2.22 bits per heavy atom. The molecule has 2 aromatic rings. The fourth-order valence-corrected chi connectivity index (χ4v) is 2.62. The molecule has 1 amide bonds. The standard InChI is InChI=1S/C13H14N2O.C7H8/c1-15-7-6-12(13(15)16)8-10-2-4-11(9-14)5-3-10;1-7-5-3-2-4-6-7/h2-5,12H,6-8H2,1H3;2-6H,1H3. The van der Waals surface area contributed by atoms with Crippen molar-refractivity contribution in [2.75, 3.05) is 13.6 Å². The molecular formula is C20H22N2O. The normalized spacial score (nSPS) is 16.5. The Hall–Kier alpha value is -2.60. The minimum Gasteiger partial charge on any atom is -0.345 e. The van der Waals surface area contributed by atoms with Crippen molar-refractivity contribution in [2.45, 2.75) is 19.8 Å². The zero-order chi connectivity index (χ0) is 16.7. The molecule has 118 valence electrons. The van der Waals surface area contributed by atoms with E-state index in [1.807, 2.05) is 37.4 Å². The fourth-order valence-electron chi connectivity index (χ4n) is 2.62. The number of hydrogen-bond donors (Lipinski definition) is 0. The first-order valence-corrected chi connectivity index (χ1v) is 7.86. The van der Waals surface area contributed by atoms with Crippen molar-refractivity contribution in [3.05, 3.63) is 71.3 Å². The van der Waals surface area contributed by atoms with E-state index in [9.17, 15) is 4.79 Å². The van der Waals surface area contributed by atoms with Crippen molar-refractivity contribution in [3.63, 3.8) is 0 Å². The molecule has 2 aromatic carbocycles. The highest BCUT2D eigenvalue weighted by Gasteiger charge is 2.28. The number of likely N-dealkylation sites (tertiary alicyclic amines) is 1. The van der Waals surface area contributed by atoms with Gasteiger partial charge in [0.15, 0.2) is 0 Å². The Bertz CT molecular complexity index is 671. The van der Waals surface area contributed by atoms with Gasteiger partial charge in [0.25, 0.3) is 0 Å². The summed E-state index contributed by atoms with van der Waals surface area (Å²) in [6.07, 6.45) is 1.73. The minimum atomic E-state index is 0.123. The third-order valence-electron chi connectivity index (χ3n) is 4.04. The number of hydrogen-bond acceptors (Lipinski definition) is 2. The first-order valence-electron chi connectivity index (χ1n) is 7.86. The molecule has 3 rings (SSSR count). The monoisotopic (exact) mass is 306 g/mol. The van der Waals surface area contributed by atoms with Crippen LogP contribution in [0, 0.1) is 24.2 Å². The van der Waals surface area contributed by atoms with Crippen molar-refractivity contribution in [1.82, 2.24) is 4.90 Å². The average molecular weight is 306 g/mol. The van der Waals surface area contributed by atoms with Crippen LogP contribution >= 0.6 is 0 Å². The molecule has 0 spiro atoms. The highest BCUT2D eigenvalue weighted by Crippen LogP contribution is 2.21. The minimum absolute atomic E-state index is 0.123. The smallest absolute Gasteiger partial charge is 0.225 e. The first kappa shape index (κ1) is 16.8. The molecule has 1 atom stereocenters. The van der Waals surface area contributed by atoms with Crippen LogP contribution in [0.25, 0.3) is 0 Å². The summed E-state index contributed by atoms with van der Waals surface area (Å²) in [5.74, 6) is 0.363. The van der Waals surface area contributed by atoms with E-state index in [0.717, 1.165) is 24.9 Å². The molecule has 1 aliphatic heterocycles. The van der Waals surface area contributed by atoms with Gasteiger partial charge in [0.1, 0.15) is 0 Å². The number of carbonyl (C=O) groups is 1. The van der Waals surface area contributed by atoms with Crippen LogP contribution in [0.15, 0.2) is 54.6 Å². The summed E-state index contributed by atoms with van der Waals surface area (Å²) >= 11 is 0. The van der Waals surface area contributed by atoms with Crippen LogP contribution in [-0.4, -0.2) is 24.4 Å². The second-order valence-electron chi connectivity index (χ2n) is 5.91. The lowest BCUT2D eigenvalue weighted by Crippen LogP contribution is -2.23. The van der Waals surface area contributed by atoms with E-state index in [0.29, 0.717) is 5.56 Å². The second-order valence-corrected chi connectivity index (χ2v) is 5.91. The summed E-state index contributed by atoms with van der Waals surface area (Å²) in [6.45, 7) is 2.94. The van der Waals surface area contributed by atoms with Gasteiger partial charge in [-0.05, 0) is 37.5 Å². The van der Waals surface area contributed by atoms with E-state index >= 15 is 0 Å². The van der Waals surface area contributed by atoms with E-state index in [1.54, 1.807) is 17.0 Å². The van der Waals surface area contributed by atoms with Gasteiger partial charge >= 0.3 is 0 Å². The largest absolute Gasteiger partial charge is 0.345 e. The SMILES string of the molecule is CN1CCC(Cc2ccc(C#N)cc2)C1=O.Cc1ccccc1. The predicted molar refractivity (Wildman–Crippen MR) is 91.8 cm³/mol. The number of benzene rings is 2. The molecule has 0 N–H and O–H groups in total. The van der Waals surface area contributed by atoms with E-state index in [1.165, 1.54) is 5.56 Å². The quantitative estimate of drug-likeness (QED) is 0.851. The van der Waals surface area contributed by atoms with Crippen LogP contribution < -0.4 is 0 Å². The lowest BCUT2D eigenvalue weighted by Gasteiger charge is -2.10. The zero-order valence-corrected chi connectivity index (χ0v) is 13.7. The Kier molecular flexibility index (Phi) is 5.94. The van der Waals surface area contributed by atoms with Crippen molar-refractivity contribution in [2.24, 2.45) is 5.92 Å². The lowest BCUT2D eigenvalue weighted by molar-refractivity contribution is -0.129. The van der Waals surface area contributed by atoms with Crippen LogP contribution in [0.3, 0.4) is 0 Å². The third kappa shape index (κ3) is 4.96. The fraction of sp³-hybridized carbons (Fsp3) is 0.300. The van der Waals surface area contributed by atoms with Gasteiger partial charge in [-0.1, -0.05) is 48.0 Å². The molecule has 1 saturated heterocycles. The molecular weight excluding hydrogens is 284 g/mol. The van der Waals surface area contributed by atoms with Crippen LogP contribution in [0.5, 0.6) is 0 Å². The molecule has 3 nitrogen and oxygen atoms in total. The summed E-state index contributed by atoms with van der Waals surface area (Å²) in [5, 5.41) is 8.68. The molecule has 1 aliphatic rings. The van der Waals surface area contributed by atoms with E-state index < -0.39 is 0 Å². The van der Waals surface area contributed by atoms with Gasteiger partial charge in [-0.2, -0.15) is 5.26 Å². The molecule has 1 fully saturated rings. The molecule has 23 heavy (non-hydrogen) atoms. The van der Waals surface area contributed by atoms with Gasteiger partial charge < -0.3 is 4.90 Å². The van der Waals surface area contributed by atoms with Crippen molar-refractivity contribution in [3.8, 4) is 6.07 Å². The number of nitrogens with zero attached hydrogens (tertiary/aromatic N) is 2. The molecule has 0 saturated carbocycles. The Balaban J connectivity index is 0.000000229. The predicted octanol–water partition coefficient (Wildman–Crippen LogP) is 3.57. The highest BCUT2D eigenvalue weighted by molar-refractivity contribution is 5.80. The van der Waals surface area contributed by atoms with Gasteiger partial charge in [0, 0.05) is 19.5 Å². The Morgan fingerprint density at radius 1 is 1.13 bits per heavy atom. The van der Waals surface area contributed by atoms with Crippen LogP contribution in [-0.2, 0) is 11.2 Å². The van der Waals surface area contributed by atoms with E-state index in [-0.39, 0.29) is 11.8 Å². The lowest BCUT2D eigenvalue weighted by atomic mass is 9.97. The molecule has 0 aromatic heterocycles. The van der Waals surface area contributed by atoms with Crippen LogP contribution in [0.2, 0.25) is 0 Å². The molecule has 3 heteroatoms. The van der Waals surface area contributed by atoms with Crippen molar-refractivity contribution in [1.29, 1.82) is 5.26 Å². The number of carbonyl (C=O) groups excluding carboxylic acids is 1. The Morgan fingerprint density at radius 2 is 1.78 bits per heavy atom. The van der Waals surface area contributed by atoms with Crippen LogP contribution in [0.1, 0.15) is 23.1 Å². The molecule has 1 heterocycles. The third-order valence-corrected chi connectivity index (χ3v) is 4.04. The van der Waals surface area contributed by atoms with E-state index in [2.05, 4.69) is 25.1 Å². The molecule has 1 unspecified atom stereocenters. The van der Waals surface area contributed by atoms with Gasteiger partial charge in [0.05, 0.1) is 11.6 Å². The van der Waals surface area contributed by atoms with Crippen molar-refractivity contribution < 1.29 is 4.79 Å². The maximum atomic E-state index is 11.7. The maximum absolute atomic E-state index is 11.7. The first-order chi connectivity index (χ1) is 11.1. The summed E-state index contributed by atoms with van der Waals surface area (Å²) < 4.78 is 0. The summed E-state index contributed by atoms with van der Waals surface area (Å²) in [4.78, 5) is 13.5. The van der Waals surface area contributed by atoms with Gasteiger partial charge in [0.2, 0.25) is 5.91 Å². The average Bonchev–Trinajstić information content (AvgIpc) is 2.89. The highest BCUT2D eigenvalue weighted by atomic mass is 16.2. The molecule has 0 radical (unpaired) electrons. The maximum Gasteiger partial charge on any atom is 0.225 e. The topological polar surface area (TPSA) is 44.1 Å². The number of aryl methyl sites for hydroxylation is 1. The van der Waals surface area contributed by atoms with E-state index in [4.69, 9.17) is 5.26 Å². The van der Waals surface area contributed by atoms with Crippen molar-refractivity contribution >= 4 is 5.91 Å². The number of nitriles is 1. The zero-order valence-electron chi connectivity index (χ0n) is 13.7.